The lowest BCUT2D eigenvalue weighted by Gasteiger charge is -2.11. The molecule has 10 heteroatoms. The minimum absolute atomic E-state index is 0.560. The fraction of sp³-hybridized carbons (Fsp3) is 0.200. The van der Waals surface area contributed by atoms with Gasteiger partial charge in [-0.15, -0.1) is 0 Å². The van der Waals surface area contributed by atoms with Crippen LogP contribution in [0.5, 0.6) is 0 Å². The first-order valence-electron chi connectivity index (χ1n) is 4.88. The van der Waals surface area contributed by atoms with Crippen LogP contribution in [0.3, 0.4) is 0 Å². The zero-order valence-electron chi connectivity index (χ0n) is 9.99. The maximum Gasteiger partial charge on any atom is 0.337 e. The fourth-order valence-corrected chi connectivity index (χ4v) is 4.76. The molecule has 7 nitrogen and oxygen atoms in total. The first-order chi connectivity index (χ1) is 9.02. The number of nitrogens with zero attached hydrogens (tertiary/aromatic N) is 1. The summed E-state index contributed by atoms with van der Waals surface area (Å²) in [4.78, 5) is 9.43. The average Bonchev–Trinajstić information content (AvgIpc) is 2.26. The second-order valence-electron chi connectivity index (χ2n) is 3.75. The second kappa shape index (κ2) is 5.40. The number of rotatable bonds is 4. The Labute approximate surface area is 120 Å². The molecule has 0 aromatic heterocycles. The minimum atomic E-state index is -4.35. The van der Waals surface area contributed by atoms with E-state index in [1.54, 1.807) is 0 Å². The van der Waals surface area contributed by atoms with Gasteiger partial charge in [-0.05, 0) is 12.1 Å². The summed E-state index contributed by atoms with van der Waals surface area (Å²) in [6, 6.07) is 3.11. The maximum atomic E-state index is 11.9. The van der Waals surface area contributed by atoms with Crippen LogP contribution >= 0.6 is 11.6 Å². The van der Waals surface area contributed by atoms with E-state index in [0.717, 1.165) is 18.4 Å². The Hall–Kier alpha value is -1.63. The van der Waals surface area contributed by atoms with Crippen molar-refractivity contribution >= 4 is 37.2 Å². The van der Waals surface area contributed by atoms with Crippen molar-refractivity contribution in [3.8, 4) is 6.07 Å². The van der Waals surface area contributed by atoms with Crippen LogP contribution in [0.4, 0.5) is 0 Å². The van der Waals surface area contributed by atoms with Crippen LogP contribution in [-0.2, 0) is 19.7 Å². The molecule has 0 fully saturated rings. The molecule has 0 aliphatic carbocycles. The summed E-state index contributed by atoms with van der Waals surface area (Å²) >= 11 is 5.70. The van der Waals surface area contributed by atoms with Crippen molar-refractivity contribution in [3.05, 3.63) is 22.7 Å². The van der Waals surface area contributed by atoms with Crippen molar-refractivity contribution in [1.82, 2.24) is 0 Å². The molecule has 0 saturated heterocycles. The molecule has 0 unspecified atom stereocenters. The number of aromatic carboxylic acids is 1. The van der Waals surface area contributed by atoms with Crippen LogP contribution in [0.1, 0.15) is 10.4 Å². The van der Waals surface area contributed by atoms with Gasteiger partial charge in [-0.3, -0.25) is 0 Å². The molecule has 108 valence electrons. The van der Waals surface area contributed by atoms with E-state index in [9.17, 15) is 21.6 Å². The van der Waals surface area contributed by atoms with Crippen molar-refractivity contribution < 1.29 is 26.7 Å². The second-order valence-corrected chi connectivity index (χ2v) is 8.04. The fourth-order valence-electron chi connectivity index (χ4n) is 1.44. The van der Waals surface area contributed by atoms with Gasteiger partial charge in [0.25, 0.3) is 0 Å². The molecule has 0 radical (unpaired) electrons. The molecule has 1 rings (SSSR count). The molecule has 0 atom stereocenters. The van der Waals surface area contributed by atoms with Crippen LogP contribution < -0.4 is 0 Å². The molecule has 0 saturated carbocycles. The van der Waals surface area contributed by atoms with Gasteiger partial charge in [-0.25, -0.2) is 21.6 Å². The Morgan fingerprint density at radius 1 is 1.35 bits per heavy atom. The highest BCUT2D eigenvalue weighted by Crippen LogP contribution is 2.32. The highest BCUT2D eigenvalue weighted by atomic mass is 35.5. The summed E-state index contributed by atoms with van der Waals surface area (Å²) in [5.41, 5.74) is -0.560. The monoisotopic (exact) mass is 337 g/mol. The Morgan fingerprint density at radius 3 is 2.30 bits per heavy atom. The average molecular weight is 338 g/mol. The lowest BCUT2D eigenvalue weighted by Crippen LogP contribution is -2.14. The van der Waals surface area contributed by atoms with E-state index in [0.29, 0.717) is 0 Å². The van der Waals surface area contributed by atoms with E-state index in [4.69, 9.17) is 22.0 Å². The van der Waals surface area contributed by atoms with Crippen LogP contribution in [0, 0.1) is 11.3 Å². The number of benzene rings is 1. The lowest BCUT2D eigenvalue weighted by atomic mass is 10.2. The van der Waals surface area contributed by atoms with Crippen molar-refractivity contribution in [2.45, 2.75) is 9.79 Å². The number of halogens is 1. The highest BCUT2D eigenvalue weighted by Gasteiger charge is 2.30. The first-order valence-corrected chi connectivity index (χ1v) is 8.80. The summed E-state index contributed by atoms with van der Waals surface area (Å²) in [7, 11) is -8.31. The van der Waals surface area contributed by atoms with E-state index in [-0.39, 0.29) is 0 Å². The van der Waals surface area contributed by atoms with Crippen molar-refractivity contribution in [1.29, 1.82) is 5.26 Å². The van der Waals surface area contributed by atoms with E-state index >= 15 is 0 Å². The van der Waals surface area contributed by atoms with Crippen LogP contribution in [0.25, 0.3) is 0 Å². The summed E-state index contributed by atoms with van der Waals surface area (Å²) in [5, 5.41) is 16.6. The summed E-state index contributed by atoms with van der Waals surface area (Å²) in [6.45, 7) is 0. The molecule has 20 heavy (non-hydrogen) atoms. The number of carboxylic acid groups (broad SMARTS) is 1. The third-order valence-electron chi connectivity index (χ3n) is 2.26. The predicted molar refractivity (Wildman–Crippen MR) is 69.2 cm³/mol. The third-order valence-corrected chi connectivity index (χ3v) is 5.58. The van der Waals surface area contributed by atoms with E-state index in [1.165, 1.54) is 6.07 Å². The number of sulfone groups is 2. The first kappa shape index (κ1) is 16.4. The number of hydrogen-bond acceptors (Lipinski definition) is 6. The number of carbonyl (C=O) groups is 1. The Bertz CT molecular complexity index is 820. The molecular formula is C10H8ClNO6S2. The SMILES string of the molecule is CS(=O)(=O)c1ccc(C(=O)O)c(Cl)c1S(=O)(=O)CC#N. The highest BCUT2D eigenvalue weighted by molar-refractivity contribution is 7.94. The largest absolute Gasteiger partial charge is 0.478 e. The Morgan fingerprint density at radius 2 is 1.90 bits per heavy atom. The van der Waals surface area contributed by atoms with Gasteiger partial charge in [0.15, 0.2) is 19.7 Å². The molecule has 1 aromatic rings. The zero-order chi connectivity index (χ0) is 15.7. The summed E-state index contributed by atoms with van der Waals surface area (Å²) < 4.78 is 47.0. The van der Waals surface area contributed by atoms with Gasteiger partial charge in [-0.2, -0.15) is 5.26 Å². The van der Waals surface area contributed by atoms with Crippen molar-refractivity contribution in [2.24, 2.45) is 0 Å². The quantitative estimate of drug-likeness (QED) is 0.857. The smallest absolute Gasteiger partial charge is 0.337 e. The van der Waals surface area contributed by atoms with Crippen molar-refractivity contribution in [3.63, 3.8) is 0 Å². The normalized spacial score (nSPS) is 11.8. The van der Waals surface area contributed by atoms with E-state index < -0.39 is 51.8 Å². The van der Waals surface area contributed by atoms with E-state index in [1.807, 2.05) is 0 Å². The van der Waals surface area contributed by atoms with Crippen molar-refractivity contribution in [2.75, 3.05) is 12.0 Å². The van der Waals surface area contributed by atoms with Gasteiger partial charge >= 0.3 is 5.97 Å². The predicted octanol–water partition coefficient (Wildman–Crippen LogP) is 0.739. The summed E-state index contributed by atoms with van der Waals surface area (Å²) in [5.74, 6) is -2.53. The standard InChI is InChI=1S/C10H8ClNO6S2/c1-19(15,16)7-3-2-6(10(13)14)8(11)9(7)20(17,18)5-4-12/h2-3H,5H2,1H3,(H,13,14). The number of nitriles is 1. The molecule has 0 amide bonds. The molecule has 0 spiro atoms. The Kier molecular flexibility index (Phi) is 4.43. The molecule has 1 N–H and O–H groups in total. The summed E-state index contributed by atoms with van der Waals surface area (Å²) in [6.07, 6.45) is 0.754. The molecule has 0 bridgehead atoms. The van der Waals surface area contributed by atoms with Gasteiger partial charge in [0.2, 0.25) is 0 Å². The van der Waals surface area contributed by atoms with Crippen LogP contribution in [-0.4, -0.2) is 39.9 Å². The minimum Gasteiger partial charge on any atom is -0.478 e. The Balaban J connectivity index is 3.92. The van der Waals surface area contributed by atoms with Crippen LogP contribution in [0.15, 0.2) is 21.9 Å². The molecule has 0 aliphatic heterocycles. The molecule has 0 heterocycles. The van der Waals surface area contributed by atoms with E-state index in [2.05, 4.69) is 0 Å². The number of carboxylic acids is 1. The van der Waals surface area contributed by atoms with Gasteiger partial charge in [-0.1, -0.05) is 11.6 Å². The van der Waals surface area contributed by atoms with Crippen LogP contribution in [0.2, 0.25) is 5.02 Å². The topological polar surface area (TPSA) is 129 Å². The third kappa shape index (κ3) is 3.09. The van der Waals surface area contributed by atoms with Gasteiger partial charge in [0, 0.05) is 6.26 Å². The number of hydrogen-bond donors (Lipinski definition) is 1. The molecule has 0 aliphatic rings. The molecular weight excluding hydrogens is 330 g/mol. The van der Waals surface area contributed by atoms with Gasteiger partial charge in [0.05, 0.1) is 21.6 Å². The van der Waals surface area contributed by atoms with Gasteiger partial charge < -0.3 is 5.11 Å². The maximum absolute atomic E-state index is 11.9. The molecule has 1 aromatic carbocycles. The zero-order valence-corrected chi connectivity index (χ0v) is 12.4. The lowest BCUT2D eigenvalue weighted by molar-refractivity contribution is 0.0696. The van der Waals surface area contributed by atoms with Gasteiger partial charge in [0.1, 0.15) is 10.6 Å².